The number of fused-ring (bicyclic) bond motifs is 5. The Morgan fingerprint density at radius 1 is 1.00 bits per heavy atom. The molecule has 148 valence electrons. The van der Waals surface area contributed by atoms with Gasteiger partial charge in [-0.15, -0.1) is 0 Å². The van der Waals surface area contributed by atoms with Crippen LogP contribution in [0.15, 0.2) is 0 Å². The van der Waals surface area contributed by atoms with Crippen molar-refractivity contribution < 1.29 is 14.6 Å². The van der Waals surface area contributed by atoms with Gasteiger partial charge in [-0.2, -0.15) is 0 Å². The molecule has 3 heteroatoms. The standard InChI is InChI=1S/C23H38O3/c1-14(24)19-7-8-20-18-6-5-16-13-17(26-15(2)25)9-11-22(16,3)21(18)10-12-23(19,20)4/h14,16-21,24H,5-13H2,1-4H3/t14-,16+,17+,18?,19-,20?,21?,22+,23-/m1/s1. The van der Waals surface area contributed by atoms with E-state index in [4.69, 9.17) is 4.74 Å². The van der Waals surface area contributed by atoms with Crippen LogP contribution >= 0.6 is 0 Å². The summed E-state index contributed by atoms with van der Waals surface area (Å²) in [6.07, 6.45) is 11.2. The summed E-state index contributed by atoms with van der Waals surface area (Å²) in [5.74, 6) is 3.61. The van der Waals surface area contributed by atoms with Crippen molar-refractivity contribution in [2.24, 2.45) is 40.4 Å². The second kappa shape index (κ2) is 6.50. The van der Waals surface area contributed by atoms with Gasteiger partial charge in [-0.05, 0) is 105 Å². The molecule has 0 spiro atoms. The van der Waals surface area contributed by atoms with E-state index in [1.165, 1.54) is 44.9 Å². The third-order valence-corrected chi connectivity index (χ3v) is 9.61. The van der Waals surface area contributed by atoms with E-state index in [0.717, 1.165) is 36.5 Å². The number of esters is 1. The highest BCUT2D eigenvalue weighted by Gasteiger charge is 2.60. The van der Waals surface area contributed by atoms with Crippen LogP contribution < -0.4 is 0 Å². The summed E-state index contributed by atoms with van der Waals surface area (Å²) < 4.78 is 5.58. The van der Waals surface area contributed by atoms with E-state index in [2.05, 4.69) is 13.8 Å². The molecule has 0 aliphatic heterocycles. The van der Waals surface area contributed by atoms with Crippen LogP contribution in [0.3, 0.4) is 0 Å². The second-order valence-corrected chi connectivity index (χ2v) is 10.6. The summed E-state index contributed by atoms with van der Waals surface area (Å²) in [5, 5.41) is 10.4. The van der Waals surface area contributed by atoms with Crippen LogP contribution in [-0.4, -0.2) is 23.3 Å². The van der Waals surface area contributed by atoms with Gasteiger partial charge in [0, 0.05) is 6.92 Å². The average Bonchev–Trinajstić information content (AvgIpc) is 2.92. The molecule has 4 aliphatic carbocycles. The maximum atomic E-state index is 11.4. The first-order valence-electron chi connectivity index (χ1n) is 11.1. The molecule has 26 heavy (non-hydrogen) atoms. The van der Waals surface area contributed by atoms with Gasteiger partial charge in [0.1, 0.15) is 6.10 Å². The molecular formula is C23H38O3. The Kier molecular flexibility index (Phi) is 4.69. The van der Waals surface area contributed by atoms with Crippen molar-refractivity contribution in [3.63, 3.8) is 0 Å². The monoisotopic (exact) mass is 362 g/mol. The number of hydrogen-bond acceptors (Lipinski definition) is 3. The molecule has 4 fully saturated rings. The first-order chi connectivity index (χ1) is 12.3. The van der Waals surface area contributed by atoms with Crippen molar-refractivity contribution in [3.05, 3.63) is 0 Å². The lowest BCUT2D eigenvalue weighted by atomic mass is 9.44. The SMILES string of the molecule is CC(=O)O[C@H]1CC[C@]2(C)C3CC[C@@]4(C)C(CC[C@@H]4[C@@H](C)O)C3CC[C@H]2C1. The largest absolute Gasteiger partial charge is 0.463 e. The summed E-state index contributed by atoms with van der Waals surface area (Å²) in [5.41, 5.74) is 0.789. The lowest BCUT2D eigenvalue weighted by molar-refractivity contribution is -0.161. The minimum atomic E-state index is -0.160. The van der Waals surface area contributed by atoms with Gasteiger partial charge in [0.15, 0.2) is 0 Å². The summed E-state index contributed by atoms with van der Waals surface area (Å²) in [7, 11) is 0. The van der Waals surface area contributed by atoms with E-state index < -0.39 is 0 Å². The third-order valence-electron chi connectivity index (χ3n) is 9.61. The van der Waals surface area contributed by atoms with Gasteiger partial charge in [0.2, 0.25) is 0 Å². The van der Waals surface area contributed by atoms with Gasteiger partial charge in [-0.3, -0.25) is 4.79 Å². The fourth-order valence-electron chi connectivity index (χ4n) is 8.39. The smallest absolute Gasteiger partial charge is 0.302 e. The van der Waals surface area contributed by atoms with Crippen molar-refractivity contribution in [2.75, 3.05) is 0 Å². The minimum Gasteiger partial charge on any atom is -0.463 e. The van der Waals surface area contributed by atoms with Crippen molar-refractivity contribution in [3.8, 4) is 0 Å². The highest BCUT2D eigenvalue weighted by atomic mass is 16.5. The number of ether oxygens (including phenoxy) is 1. The molecule has 0 radical (unpaired) electrons. The molecule has 3 nitrogen and oxygen atoms in total. The van der Waals surface area contributed by atoms with Crippen LogP contribution in [0, 0.1) is 40.4 Å². The van der Waals surface area contributed by atoms with E-state index in [9.17, 15) is 9.90 Å². The minimum absolute atomic E-state index is 0.115. The molecule has 0 heterocycles. The average molecular weight is 363 g/mol. The summed E-state index contributed by atoms with van der Waals surface area (Å²) in [6, 6.07) is 0. The Labute approximate surface area is 159 Å². The molecule has 4 aliphatic rings. The molecule has 0 aromatic heterocycles. The lowest BCUT2D eigenvalue weighted by Gasteiger charge is -2.61. The molecule has 1 N–H and O–H groups in total. The van der Waals surface area contributed by atoms with Crippen LogP contribution in [0.2, 0.25) is 0 Å². The zero-order valence-corrected chi connectivity index (χ0v) is 17.2. The Balaban J connectivity index is 1.53. The van der Waals surface area contributed by atoms with Crippen molar-refractivity contribution in [1.29, 1.82) is 0 Å². The van der Waals surface area contributed by atoms with E-state index in [1.54, 1.807) is 6.92 Å². The van der Waals surface area contributed by atoms with Crippen LogP contribution in [0.25, 0.3) is 0 Å². The fourth-order valence-corrected chi connectivity index (χ4v) is 8.39. The predicted molar refractivity (Wildman–Crippen MR) is 102 cm³/mol. The Morgan fingerprint density at radius 2 is 1.69 bits per heavy atom. The van der Waals surface area contributed by atoms with Crippen molar-refractivity contribution >= 4 is 5.97 Å². The van der Waals surface area contributed by atoms with Crippen LogP contribution in [-0.2, 0) is 9.53 Å². The van der Waals surface area contributed by atoms with E-state index >= 15 is 0 Å². The molecule has 4 saturated carbocycles. The van der Waals surface area contributed by atoms with E-state index in [1.807, 2.05) is 6.92 Å². The molecular weight excluding hydrogens is 324 g/mol. The quantitative estimate of drug-likeness (QED) is 0.706. The summed E-state index contributed by atoms with van der Waals surface area (Å²) >= 11 is 0. The highest BCUT2D eigenvalue weighted by Crippen LogP contribution is 2.67. The summed E-state index contributed by atoms with van der Waals surface area (Å²) in [4.78, 5) is 11.4. The van der Waals surface area contributed by atoms with Gasteiger partial charge < -0.3 is 9.84 Å². The number of hydrogen-bond donors (Lipinski definition) is 1. The first kappa shape index (κ1) is 18.8. The molecule has 4 rings (SSSR count). The van der Waals surface area contributed by atoms with Gasteiger partial charge >= 0.3 is 5.97 Å². The highest BCUT2D eigenvalue weighted by molar-refractivity contribution is 5.66. The normalized spacial score (nSPS) is 51.7. The Morgan fingerprint density at radius 3 is 2.38 bits per heavy atom. The first-order valence-corrected chi connectivity index (χ1v) is 11.1. The lowest BCUT2D eigenvalue weighted by Crippen LogP contribution is -2.54. The number of carbonyl (C=O) groups excluding carboxylic acids is 1. The zero-order valence-electron chi connectivity index (χ0n) is 17.2. The van der Waals surface area contributed by atoms with Gasteiger partial charge in [-0.1, -0.05) is 13.8 Å². The molecule has 0 bridgehead atoms. The molecule has 0 aromatic carbocycles. The molecule has 3 unspecified atom stereocenters. The molecule has 0 aromatic rings. The number of rotatable bonds is 2. The van der Waals surface area contributed by atoms with Gasteiger partial charge in [0.25, 0.3) is 0 Å². The zero-order chi connectivity index (χ0) is 18.7. The fraction of sp³-hybridized carbons (Fsp3) is 0.957. The Hall–Kier alpha value is -0.570. The molecule has 9 atom stereocenters. The maximum absolute atomic E-state index is 11.4. The maximum Gasteiger partial charge on any atom is 0.302 e. The van der Waals surface area contributed by atoms with E-state index in [0.29, 0.717) is 16.7 Å². The van der Waals surface area contributed by atoms with Crippen molar-refractivity contribution in [2.45, 2.75) is 97.7 Å². The van der Waals surface area contributed by atoms with Crippen LogP contribution in [0.1, 0.15) is 85.5 Å². The van der Waals surface area contributed by atoms with E-state index in [-0.39, 0.29) is 18.2 Å². The third kappa shape index (κ3) is 2.75. The van der Waals surface area contributed by atoms with Crippen molar-refractivity contribution in [1.82, 2.24) is 0 Å². The van der Waals surface area contributed by atoms with Crippen LogP contribution in [0.4, 0.5) is 0 Å². The topological polar surface area (TPSA) is 46.5 Å². The summed E-state index contributed by atoms with van der Waals surface area (Å²) in [6.45, 7) is 8.61. The number of aliphatic hydroxyl groups is 1. The second-order valence-electron chi connectivity index (χ2n) is 10.6. The molecule has 0 amide bonds. The predicted octanol–water partition coefficient (Wildman–Crippen LogP) is 4.96. The molecule has 0 saturated heterocycles. The van der Waals surface area contributed by atoms with Gasteiger partial charge in [0.05, 0.1) is 6.10 Å². The Bertz CT molecular complexity index is 558. The van der Waals surface area contributed by atoms with Gasteiger partial charge in [-0.25, -0.2) is 0 Å². The van der Waals surface area contributed by atoms with Crippen LogP contribution in [0.5, 0.6) is 0 Å². The number of aliphatic hydroxyl groups excluding tert-OH is 1. The number of carbonyl (C=O) groups is 1.